The molecule has 0 aliphatic heterocycles. The van der Waals surface area contributed by atoms with E-state index in [2.05, 4.69) is 20.8 Å². The summed E-state index contributed by atoms with van der Waals surface area (Å²) in [7, 11) is 0. The summed E-state index contributed by atoms with van der Waals surface area (Å²) in [5.41, 5.74) is -2.08. The highest BCUT2D eigenvalue weighted by molar-refractivity contribution is 5.88. The predicted molar refractivity (Wildman–Crippen MR) is 203 cm³/mol. The summed E-state index contributed by atoms with van der Waals surface area (Å²) in [6.07, 6.45) is 39.2. The zero-order chi connectivity index (χ0) is 36.5. The lowest BCUT2D eigenvalue weighted by molar-refractivity contribution is -0.172. The van der Waals surface area contributed by atoms with E-state index >= 15 is 0 Å². The molecule has 0 radical (unpaired) electrons. The molecule has 0 rings (SSSR count). The van der Waals surface area contributed by atoms with Crippen LogP contribution in [0.5, 0.6) is 0 Å². The standard InChI is InChI=1S/C42H80O7/c1-4-7-10-13-21-26-31-41(32-27-22-14-11-8-5-2,33-28-23-15-12-9-6-3)34-29-24-19-17-16-18-20-25-30-35-49-39(45)37-42(48,40(46)47)36-38(43)44/h48H,4-37H2,1-3H3,(H,43,44)(H,46,47). The fourth-order valence-electron chi connectivity index (χ4n) is 7.37. The second-order valence-corrected chi connectivity index (χ2v) is 15.3. The van der Waals surface area contributed by atoms with E-state index in [1.165, 1.54) is 173 Å². The van der Waals surface area contributed by atoms with Crippen LogP contribution in [-0.2, 0) is 19.1 Å². The fraction of sp³-hybridized carbons (Fsp3) is 0.929. The van der Waals surface area contributed by atoms with Crippen molar-refractivity contribution < 1.29 is 34.4 Å². The van der Waals surface area contributed by atoms with E-state index in [0.717, 1.165) is 19.3 Å². The van der Waals surface area contributed by atoms with Crippen molar-refractivity contribution in [2.75, 3.05) is 6.61 Å². The smallest absolute Gasteiger partial charge is 0.336 e. The largest absolute Gasteiger partial charge is 0.481 e. The van der Waals surface area contributed by atoms with Gasteiger partial charge in [-0.3, -0.25) is 9.59 Å². The molecule has 0 saturated carbocycles. The predicted octanol–water partition coefficient (Wildman–Crippen LogP) is 12.3. The number of rotatable bonds is 38. The molecule has 0 fully saturated rings. The molecule has 1 atom stereocenters. The summed E-state index contributed by atoms with van der Waals surface area (Å²) in [5.74, 6) is -4.11. The maximum absolute atomic E-state index is 11.9. The van der Waals surface area contributed by atoms with Gasteiger partial charge in [-0.1, -0.05) is 188 Å². The molecule has 0 aromatic carbocycles. The van der Waals surface area contributed by atoms with Crippen LogP contribution >= 0.6 is 0 Å². The minimum Gasteiger partial charge on any atom is -0.481 e. The van der Waals surface area contributed by atoms with Gasteiger partial charge in [0.05, 0.1) is 19.4 Å². The minimum absolute atomic E-state index is 0.152. The Bertz CT molecular complexity index is 757. The Balaban J connectivity index is 4.56. The lowest BCUT2D eigenvalue weighted by Crippen LogP contribution is -2.43. The van der Waals surface area contributed by atoms with Crippen LogP contribution in [0.1, 0.15) is 233 Å². The summed E-state index contributed by atoms with van der Waals surface area (Å²) in [5, 5.41) is 27.9. The van der Waals surface area contributed by atoms with E-state index < -0.39 is 36.4 Å². The van der Waals surface area contributed by atoms with E-state index in [-0.39, 0.29) is 6.61 Å². The number of aliphatic hydroxyl groups is 1. The van der Waals surface area contributed by atoms with Gasteiger partial charge in [0, 0.05) is 0 Å². The number of aliphatic carboxylic acids is 2. The van der Waals surface area contributed by atoms with E-state index in [1.807, 2.05) is 0 Å². The molecule has 3 N–H and O–H groups in total. The average Bonchev–Trinajstić information content (AvgIpc) is 3.05. The van der Waals surface area contributed by atoms with Gasteiger partial charge < -0.3 is 20.1 Å². The van der Waals surface area contributed by atoms with Gasteiger partial charge in [0.1, 0.15) is 0 Å². The van der Waals surface area contributed by atoms with Gasteiger partial charge >= 0.3 is 17.9 Å². The Morgan fingerprint density at radius 3 is 1.06 bits per heavy atom. The number of unbranched alkanes of at least 4 members (excludes halogenated alkanes) is 23. The third-order valence-corrected chi connectivity index (χ3v) is 10.6. The molecule has 0 aromatic heterocycles. The summed E-state index contributed by atoms with van der Waals surface area (Å²) in [6.45, 7) is 7.07. The number of hydrogen-bond donors (Lipinski definition) is 3. The van der Waals surface area contributed by atoms with E-state index in [4.69, 9.17) is 14.9 Å². The maximum Gasteiger partial charge on any atom is 0.336 e. The Labute approximate surface area is 302 Å². The highest BCUT2D eigenvalue weighted by Crippen LogP contribution is 2.42. The molecule has 0 heterocycles. The van der Waals surface area contributed by atoms with Crippen molar-refractivity contribution in [1.29, 1.82) is 0 Å². The molecule has 0 bridgehead atoms. The van der Waals surface area contributed by atoms with Gasteiger partial charge in [0.15, 0.2) is 5.60 Å². The lowest BCUT2D eigenvalue weighted by atomic mass is 9.70. The molecule has 0 aliphatic carbocycles. The quantitative estimate of drug-likeness (QED) is 0.0434. The Morgan fingerprint density at radius 1 is 0.449 bits per heavy atom. The van der Waals surface area contributed by atoms with Crippen molar-refractivity contribution in [1.82, 2.24) is 0 Å². The molecule has 0 amide bonds. The molecule has 290 valence electrons. The first kappa shape index (κ1) is 47.4. The fourth-order valence-corrected chi connectivity index (χ4v) is 7.37. The van der Waals surface area contributed by atoms with Crippen molar-refractivity contribution in [3.05, 3.63) is 0 Å². The van der Waals surface area contributed by atoms with Crippen LogP contribution in [0, 0.1) is 5.41 Å². The van der Waals surface area contributed by atoms with Crippen molar-refractivity contribution in [2.45, 2.75) is 238 Å². The summed E-state index contributed by atoms with van der Waals surface area (Å²) in [4.78, 5) is 34.0. The molecular formula is C42H80O7. The number of hydrogen-bond acceptors (Lipinski definition) is 5. The molecule has 1 unspecified atom stereocenters. The Hall–Kier alpha value is -1.63. The molecule has 7 heteroatoms. The molecule has 0 aromatic rings. The number of carbonyl (C=O) groups is 3. The number of esters is 1. The third kappa shape index (κ3) is 27.7. The molecule has 0 spiro atoms. The van der Waals surface area contributed by atoms with Crippen LogP contribution in [-0.4, -0.2) is 45.4 Å². The Kier molecular flexibility index (Phi) is 31.2. The van der Waals surface area contributed by atoms with Crippen molar-refractivity contribution in [2.24, 2.45) is 5.41 Å². The minimum atomic E-state index is -2.64. The zero-order valence-electron chi connectivity index (χ0n) is 32.5. The van der Waals surface area contributed by atoms with Gasteiger partial charge in [-0.05, 0) is 37.5 Å². The first-order valence-corrected chi connectivity index (χ1v) is 21.0. The van der Waals surface area contributed by atoms with Gasteiger partial charge in [0.2, 0.25) is 0 Å². The van der Waals surface area contributed by atoms with Crippen LogP contribution in [0.3, 0.4) is 0 Å². The monoisotopic (exact) mass is 697 g/mol. The van der Waals surface area contributed by atoms with E-state index in [9.17, 15) is 19.5 Å². The Morgan fingerprint density at radius 2 is 0.755 bits per heavy atom. The second-order valence-electron chi connectivity index (χ2n) is 15.3. The molecule has 0 aliphatic rings. The van der Waals surface area contributed by atoms with Gasteiger partial charge in [-0.25, -0.2) is 4.79 Å². The normalized spacial score (nSPS) is 13.0. The summed E-state index contributed by atoms with van der Waals surface area (Å²) >= 11 is 0. The van der Waals surface area contributed by atoms with Crippen LogP contribution in [0.4, 0.5) is 0 Å². The summed E-state index contributed by atoms with van der Waals surface area (Å²) < 4.78 is 5.05. The van der Waals surface area contributed by atoms with Gasteiger partial charge in [-0.15, -0.1) is 0 Å². The molecular weight excluding hydrogens is 616 g/mol. The number of carboxylic acid groups (broad SMARTS) is 2. The first-order valence-electron chi connectivity index (χ1n) is 21.0. The van der Waals surface area contributed by atoms with Crippen molar-refractivity contribution >= 4 is 17.9 Å². The highest BCUT2D eigenvalue weighted by atomic mass is 16.5. The first-order chi connectivity index (χ1) is 23.6. The maximum atomic E-state index is 11.9. The van der Waals surface area contributed by atoms with Crippen molar-refractivity contribution in [3.63, 3.8) is 0 Å². The third-order valence-electron chi connectivity index (χ3n) is 10.6. The number of ether oxygens (including phenoxy) is 1. The van der Waals surface area contributed by atoms with Gasteiger partial charge in [0.25, 0.3) is 0 Å². The number of carbonyl (C=O) groups excluding carboxylic acids is 1. The van der Waals surface area contributed by atoms with E-state index in [1.54, 1.807) is 0 Å². The van der Waals surface area contributed by atoms with Crippen LogP contribution in [0.2, 0.25) is 0 Å². The molecule has 0 saturated heterocycles. The molecule has 7 nitrogen and oxygen atoms in total. The molecule has 49 heavy (non-hydrogen) atoms. The SMILES string of the molecule is CCCCCCCCC(CCCCCCCC)(CCCCCCCC)CCCCCCCCCCCOC(=O)CC(O)(CC(=O)O)C(=O)O. The van der Waals surface area contributed by atoms with Crippen LogP contribution in [0.25, 0.3) is 0 Å². The zero-order valence-corrected chi connectivity index (χ0v) is 32.5. The van der Waals surface area contributed by atoms with Crippen LogP contribution < -0.4 is 0 Å². The average molecular weight is 697 g/mol. The lowest BCUT2D eigenvalue weighted by Gasteiger charge is -2.35. The topological polar surface area (TPSA) is 121 Å². The second kappa shape index (κ2) is 32.3. The van der Waals surface area contributed by atoms with E-state index in [0.29, 0.717) is 11.8 Å². The number of carboxylic acids is 2. The van der Waals surface area contributed by atoms with Crippen molar-refractivity contribution in [3.8, 4) is 0 Å². The van der Waals surface area contributed by atoms with Gasteiger partial charge in [-0.2, -0.15) is 0 Å². The summed E-state index contributed by atoms with van der Waals surface area (Å²) in [6, 6.07) is 0. The van der Waals surface area contributed by atoms with Crippen LogP contribution in [0.15, 0.2) is 0 Å². The highest BCUT2D eigenvalue weighted by Gasteiger charge is 2.41.